The van der Waals surface area contributed by atoms with Gasteiger partial charge in [0, 0.05) is 17.7 Å². The van der Waals surface area contributed by atoms with E-state index >= 15 is 0 Å². The van der Waals surface area contributed by atoms with E-state index in [2.05, 4.69) is 10.1 Å². The Bertz CT molecular complexity index is 618. The van der Waals surface area contributed by atoms with Gasteiger partial charge in [0.25, 0.3) is 0 Å². The maximum Gasteiger partial charge on any atom is 0.328 e. The van der Waals surface area contributed by atoms with E-state index in [9.17, 15) is 9.90 Å². The standard InChI is InChI=1S/C13H14N4O2/c14-9-6-4-8(5-7-9)12-15-11-3-1-2-10(13(18)19)17(11)16-12/h4-7,10H,1-3,14H2,(H,18,19). The van der Waals surface area contributed by atoms with Gasteiger partial charge >= 0.3 is 5.97 Å². The first kappa shape index (κ1) is 11.7. The second-order valence-corrected chi connectivity index (χ2v) is 4.66. The van der Waals surface area contributed by atoms with Crippen molar-refractivity contribution >= 4 is 11.7 Å². The Balaban J connectivity index is 2.02. The number of hydrogen-bond donors (Lipinski definition) is 2. The summed E-state index contributed by atoms with van der Waals surface area (Å²) in [6.45, 7) is 0. The molecule has 19 heavy (non-hydrogen) atoms. The molecule has 98 valence electrons. The summed E-state index contributed by atoms with van der Waals surface area (Å²) in [6, 6.07) is 6.64. The van der Waals surface area contributed by atoms with E-state index in [1.807, 2.05) is 12.1 Å². The third-order valence-corrected chi connectivity index (χ3v) is 3.33. The van der Waals surface area contributed by atoms with Gasteiger partial charge in [-0.05, 0) is 37.1 Å². The normalized spacial score (nSPS) is 18.0. The number of fused-ring (bicyclic) bond motifs is 1. The SMILES string of the molecule is Nc1ccc(-c2nc3n(n2)C(C(=O)O)CCC3)cc1. The fourth-order valence-corrected chi connectivity index (χ4v) is 2.33. The van der Waals surface area contributed by atoms with Crippen LogP contribution < -0.4 is 5.73 Å². The molecule has 1 aromatic carbocycles. The average Bonchev–Trinajstić information content (AvgIpc) is 2.82. The maximum atomic E-state index is 11.2. The van der Waals surface area contributed by atoms with Crippen LogP contribution in [-0.2, 0) is 11.2 Å². The number of carboxylic acid groups (broad SMARTS) is 1. The number of aryl methyl sites for hydroxylation is 1. The van der Waals surface area contributed by atoms with Gasteiger partial charge < -0.3 is 10.8 Å². The molecule has 0 aliphatic carbocycles. The first-order valence-electron chi connectivity index (χ1n) is 6.19. The summed E-state index contributed by atoms with van der Waals surface area (Å²) < 4.78 is 1.54. The largest absolute Gasteiger partial charge is 0.480 e. The summed E-state index contributed by atoms with van der Waals surface area (Å²) in [5.74, 6) is 0.448. The maximum absolute atomic E-state index is 11.2. The number of anilines is 1. The van der Waals surface area contributed by atoms with Crippen molar-refractivity contribution in [2.45, 2.75) is 25.3 Å². The predicted molar refractivity (Wildman–Crippen MR) is 69.5 cm³/mol. The molecule has 1 aliphatic heterocycles. The van der Waals surface area contributed by atoms with Crippen LogP contribution >= 0.6 is 0 Å². The van der Waals surface area contributed by atoms with Gasteiger partial charge in [-0.25, -0.2) is 14.5 Å². The van der Waals surface area contributed by atoms with Crippen molar-refractivity contribution in [3.63, 3.8) is 0 Å². The number of benzene rings is 1. The number of aromatic nitrogens is 3. The van der Waals surface area contributed by atoms with Crippen molar-refractivity contribution < 1.29 is 9.90 Å². The monoisotopic (exact) mass is 258 g/mol. The van der Waals surface area contributed by atoms with E-state index in [1.165, 1.54) is 4.68 Å². The van der Waals surface area contributed by atoms with Gasteiger partial charge in [-0.3, -0.25) is 0 Å². The highest BCUT2D eigenvalue weighted by Gasteiger charge is 2.28. The van der Waals surface area contributed by atoms with E-state index in [0.717, 1.165) is 24.2 Å². The number of rotatable bonds is 2. The zero-order valence-corrected chi connectivity index (χ0v) is 10.3. The highest BCUT2D eigenvalue weighted by atomic mass is 16.4. The van der Waals surface area contributed by atoms with Crippen LogP contribution in [0, 0.1) is 0 Å². The fraction of sp³-hybridized carbons (Fsp3) is 0.308. The lowest BCUT2D eigenvalue weighted by molar-refractivity contribution is -0.141. The Morgan fingerprint density at radius 1 is 1.37 bits per heavy atom. The Kier molecular flexibility index (Phi) is 2.70. The minimum Gasteiger partial charge on any atom is -0.480 e. The van der Waals surface area contributed by atoms with E-state index < -0.39 is 12.0 Å². The zero-order valence-electron chi connectivity index (χ0n) is 10.3. The van der Waals surface area contributed by atoms with Crippen LogP contribution in [0.3, 0.4) is 0 Å². The third kappa shape index (κ3) is 2.05. The molecular weight excluding hydrogens is 244 g/mol. The summed E-state index contributed by atoms with van der Waals surface area (Å²) >= 11 is 0. The molecule has 1 atom stereocenters. The molecule has 6 heteroatoms. The third-order valence-electron chi connectivity index (χ3n) is 3.33. The van der Waals surface area contributed by atoms with Crippen LogP contribution in [0.4, 0.5) is 5.69 Å². The minimum atomic E-state index is -0.852. The molecule has 1 aromatic heterocycles. The van der Waals surface area contributed by atoms with Crippen LogP contribution in [-0.4, -0.2) is 25.8 Å². The van der Waals surface area contributed by atoms with Crippen molar-refractivity contribution in [3.05, 3.63) is 30.1 Å². The zero-order chi connectivity index (χ0) is 13.4. The van der Waals surface area contributed by atoms with Crippen molar-refractivity contribution in [3.8, 4) is 11.4 Å². The molecule has 0 saturated heterocycles. The van der Waals surface area contributed by atoms with E-state index in [4.69, 9.17) is 5.73 Å². The summed E-state index contributed by atoms with van der Waals surface area (Å²) in [6.07, 6.45) is 2.20. The average molecular weight is 258 g/mol. The van der Waals surface area contributed by atoms with Gasteiger partial charge in [0.05, 0.1) is 0 Å². The van der Waals surface area contributed by atoms with Crippen LogP contribution in [0.1, 0.15) is 24.7 Å². The lowest BCUT2D eigenvalue weighted by Gasteiger charge is -2.19. The number of carboxylic acids is 1. The summed E-state index contributed by atoms with van der Waals surface area (Å²) in [5, 5.41) is 13.5. The van der Waals surface area contributed by atoms with Gasteiger partial charge in [-0.1, -0.05) is 0 Å². The molecule has 0 spiro atoms. The van der Waals surface area contributed by atoms with Gasteiger partial charge in [-0.15, -0.1) is 5.10 Å². The van der Waals surface area contributed by atoms with Gasteiger partial charge in [0.15, 0.2) is 11.9 Å². The topological polar surface area (TPSA) is 94.0 Å². The number of carbonyl (C=O) groups is 1. The number of nitrogens with two attached hydrogens (primary N) is 1. The summed E-state index contributed by atoms with van der Waals surface area (Å²) in [7, 11) is 0. The number of nitrogen functional groups attached to an aromatic ring is 1. The first-order chi connectivity index (χ1) is 9.15. The van der Waals surface area contributed by atoms with Crippen molar-refractivity contribution in [2.75, 3.05) is 5.73 Å². The predicted octanol–water partition coefficient (Wildman–Crippen LogP) is 1.49. The fourth-order valence-electron chi connectivity index (χ4n) is 2.33. The van der Waals surface area contributed by atoms with E-state index in [1.54, 1.807) is 12.1 Å². The molecule has 1 aliphatic rings. The molecule has 2 aromatic rings. The lowest BCUT2D eigenvalue weighted by Crippen LogP contribution is -2.25. The van der Waals surface area contributed by atoms with E-state index in [0.29, 0.717) is 17.9 Å². The molecule has 0 radical (unpaired) electrons. The van der Waals surface area contributed by atoms with Crippen molar-refractivity contribution in [1.29, 1.82) is 0 Å². The van der Waals surface area contributed by atoms with Crippen LogP contribution in [0.5, 0.6) is 0 Å². The molecule has 1 unspecified atom stereocenters. The molecule has 0 amide bonds. The van der Waals surface area contributed by atoms with Crippen LogP contribution in [0.25, 0.3) is 11.4 Å². The smallest absolute Gasteiger partial charge is 0.328 e. The molecule has 0 fully saturated rings. The number of nitrogens with zero attached hydrogens (tertiary/aromatic N) is 3. The molecule has 3 rings (SSSR count). The van der Waals surface area contributed by atoms with Crippen LogP contribution in [0.15, 0.2) is 24.3 Å². The number of aliphatic carboxylic acids is 1. The van der Waals surface area contributed by atoms with Gasteiger partial charge in [0.1, 0.15) is 5.82 Å². The van der Waals surface area contributed by atoms with Gasteiger partial charge in [-0.2, -0.15) is 0 Å². The van der Waals surface area contributed by atoms with Crippen molar-refractivity contribution in [1.82, 2.24) is 14.8 Å². The molecular formula is C13H14N4O2. The van der Waals surface area contributed by atoms with E-state index in [-0.39, 0.29) is 0 Å². The second-order valence-electron chi connectivity index (χ2n) is 4.66. The molecule has 0 saturated carbocycles. The molecule has 0 bridgehead atoms. The van der Waals surface area contributed by atoms with Crippen LogP contribution in [0.2, 0.25) is 0 Å². The first-order valence-corrected chi connectivity index (χ1v) is 6.19. The Hall–Kier alpha value is -2.37. The van der Waals surface area contributed by atoms with Gasteiger partial charge in [0.2, 0.25) is 0 Å². The quantitative estimate of drug-likeness (QED) is 0.796. The minimum absolute atomic E-state index is 0.558. The molecule has 2 heterocycles. The number of hydrogen-bond acceptors (Lipinski definition) is 4. The Morgan fingerprint density at radius 3 is 2.79 bits per heavy atom. The Labute approximate surface area is 109 Å². The lowest BCUT2D eigenvalue weighted by atomic mass is 10.1. The summed E-state index contributed by atoms with van der Waals surface area (Å²) in [5.41, 5.74) is 7.16. The van der Waals surface area contributed by atoms with Crippen molar-refractivity contribution in [2.24, 2.45) is 0 Å². The Morgan fingerprint density at radius 2 is 2.11 bits per heavy atom. The molecule has 6 nitrogen and oxygen atoms in total. The summed E-state index contributed by atoms with van der Waals surface area (Å²) in [4.78, 5) is 15.6. The molecule has 3 N–H and O–H groups in total. The highest BCUT2D eigenvalue weighted by Crippen LogP contribution is 2.26. The second kappa shape index (κ2) is 4.38. The highest BCUT2D eigenvalue weighted by molar-refractivity contribution is 5.72.